The van der Waals surface area contributed by atoms with Crippen LogP contribution < -0.4 is 0 Å². The Morgan fingerprint density at radius 1 is 0.821 bits per heavy atom. The predicted octanol–water partition coefficient (Wildman–Crippen LogP) is 14.3. The van der Waals surface area contributed by atoms with Gasteiger partial charge in [0.25, 0.3) is 0 Å². The number of carbonyl (C=O) groups excluding carboxylic acids is 1. The molecule has 1 aromatic heterocycles. The number of furan rings is 1. The first-order valence-electron chi connectivity index (χ1n) is 22.6. The Kier molecular flexibility index (Phi) is 11.7. The van der Waals surface area contributed by atoms with Gasteiger partial charge in [-0.15, -0.1) is 0 Å². The summed E-state index contributed by atoms with van der Waals surface area (Å²) in [6.45, 7) is 12.6. The highest BCUT2D eigenvalue weighted by molar-refractivity contribution is 5.89. The van der Waals surface area contributed by atoms with E-state index in [1.165, 1.54) is 73.4 Å². The molecule has 0 bridgehead atoms. The largest absolute Gasteiger partial charge is 0.464 e. The lowest BCUT2D eigenvalue weighted by molar-refractivity contribution is -0.0594. The van der Waals surface area contributed by atoms with Crippen LogP contribution in [0.3, 0.4) is 0 Å². The zero-order valence-electron chi connectivity index (χ0n) is 35.1. The van der Waals surface area contributed by atoms with E-state index < -0.39 is 0 Å². The summed E-state index contributed by atoms with van der Waals surface area (Å²) in [6, 6.07) is 27.8. The van der Waals surface area contributed by atoms with Crippen molar-refractivity contribution in [3.8, 4) is 0 Å². The fraction of sp³-hybridized carbons (Fsp3) is 0.566. The lowest BCUT2D eigenvalue weighted by atomic mass is 9.47. The molecule has 56 heavy (non-hydrogen) atoms. The Hall–Kier alpha value is -3.59. The molecule has 9 atom stereocenters. The normalized spacial score (nSPS) is 29.6. The molecule has 3 saturated carbocycles. The summed E-state index contributed by atoms with van der Waals surface area (Å²) in [4.78, 5) is 13.6. The van der Waals surface area contributed by atoms with E-state index >= 15 is 0 Å². The van der Waals surface area contributed by atoms with Crippen LogP contribution >= 0.6 is 0 Å². The van der Waals surface area contributed by atoms with E-state index in [1.807, 2.05) is 18.2 Å². The van der Waals surface area contributed by atoms with Crippen LogP contribution in [0.1, 0.15) is 151 Å². The van der Waals surface area contributed by atoms with E-state index in [1.54, 1.807) is 11.8 Å². The van der Waals surface area contributed by atoms with Crippen molar-refractivity contribution >= 4 is 16.9 Å². The molecule has 1 heterocycles. The van der Waals surface area contributed by atoms with Gasteiger partial charge >= 0.3 is 5.97 Å². The summed E-state index contributed by atoms with van der Waals surface area (Å²) in [5, 5.41) is 1.17. The average Bonchev–Trinajstić information content (AvgIpc) is 3.82. The highest BCUT2D eigenvalue weighted by Crippen LogP contribution is 2.67. The van der Waals surface area contributed by atoms with Crippen molar-refractivity contribution in [3.63, 3.8) is 0 Å². The molecule has 9 unspecified atom stereocenters. The number of allylic oxidation sites excluding steroid dienone is 1. The number of rotatable bonds is 14. The van der Waals surface area contributed by atoms with Crippen LogP contribution in [0.5, 0.6) is 0 Å². The average molecular weight is 753 g/mol. The van der Waals surface area contributed by atoms with Crippen molar-refractivity contribution < 1.29 is 13.9 Å². The first kappa shape index (κ1) is 39.2. The van der Waals surface area contributed by atoms with Crippen LogP contribution in [0.4, 0.5) is 0 Å². The number of carbonyl (C=O) groups is 1. The van der Waals surface area contributed by atoms with Gasteiger partial charge in [-0.25, -0.2) is 4.79 Å². The molecule has 4 aliphatic carbocycles. The molecule has 3 nitrogen and oxygen atoms in total. The van der Waals surface area contributed by atoms with E-state index in [9.17, 15) is 4.79 Å². The molecular weight excluding hydrogens is 685 g/mol. The first-order chi connectivity index (χ1) is 27.1. The van der Waals surface area contributed by atoms with Crippen LogP contribution in [-0.4, -0.2) is 12.1 Å². The van der Waals surface area contributed by atoms with Crippen LogP contribution in [0.25, 0.3) is 11.0 Å². The third-order valence-corrected chi connectivity index (χ3v) is 16.0. The zero-order chi connectivity index (χ0) is 38.9. The van der Waals surface area contributed by atoms with Crippen molar-refractivity contribution in [1.82, 2.24) is 0 Å². The van der Waals surface area contributed by atoms with Gasteiger partial charge in [-0.05, 0) is 170 Å². The predicted molar refractivity (Wildman–Crippen MR) is 231 cm³/mol. The lowest BCUT2D eigenvalue weighted by Gasteiger charge is -2.58. The van der Waals surface area contributed by atoms with E-state index in [0.29, 0.717) is 16.9 Å². The van der Waals surface area contributed by atoms with E-state index in [0.717, 1.165) is 86.0 Å². The molecular formula is C53H68O3. The monoisotopic (exact) mass is 753 g/mol. The number of hydrogen-bond donors (Lipinski definition) is 0. The zero-order valence-corrected chi connectivity index (χ0v) is 35.1. The Morgan fingerprint density at radius 3 is 2.43 bits per heavy atom. The number of esters is 1. The Balaban J connectivity index is 0.861. The van der Waals surface area contributed by atoms with Crippen molar-refractivity contribution in [2.45, 2.75) is 143 Å². The summed E-state index contributed by atoms with van der Waals surface area (Å²) in [5.74, 6) is 5.30. The van der Waals surface area contributed by atoms with Crippen molar-refractivity contribution in [2.24, 2.45) is 46.3 Å². The molecule has 3 aromatic carbocycles. The number of benzene rings is 3. The standard InChI is InChI=1S/C53H68O3/c1-36(2)11-9-12-37(3)47-24-25-48-46-23-22-44-35-45(27-30-52(44,4)49(46)28-31-53(47,48)5)56-51(54)41-20-17-39(18-21-41)33-42(40-14-7-6-8-15-40)16-10-13-38-19-26-50-43(34-38)29-32-55-50/h6-8,14-15,17-22,26,29,32,34,36-37,42,45-49H,9-13,16,23-25,27-28,30-31,33,35H2,1-5H3. The summed E-state index contributed by atoms with van der Waals surface area (Å²) in [7, 11) is 0. The van der Waals surface area contributed by atoms with Crippen LogP contribution in [-0.2, 0) is 17.6 Å². The highest BCUT2D eigenvalue weighted by atomic mass is 16.5. The van der Waals surface area contributed by atoms with E-state index in [-0.39, 0.29) is 17.5 Å². The minimum Gasteiger partial charge on any atom is -0.464 e. The smallest absolute Gasteiger partial charge is 0.338 e. The second-order valence-corrected chi connectivity index (χ2v) is 19.8. The van der Waals surface area contributed by atoms with Gasteiger partial charge in [-0.3, -0.25) is 0 Å². The Morgan fingerprint density at radius 2 is 1.62 bits per heavy atom. The summed E-state index contributed by atoms with van der Waals surface area (Å²) in [6.07, 6.45) is 22.7. The van der Waals surface area contributed by atoms with Gasteiger partial charge in [0.05, 0.1) is 11.8 Å². The van der Waals surface area contributed by atoms with Gasteiger partial charge in [0, 0.05) is 11.8 Å². The minimum absolute atomic E-state index is 0.0221. The van der Waals surface area contributed by atoms with Gasteiger partial charge in [0.15, 0.2) is 0 Å². The fourth-order valence-corrected chi connectivity index (χ4v) is 12.9. The summed E-state index contributed by atoms with van der Waals surface area (Å²) < 4.78 is 11.8. The molecule has 298 valence electrons. The second kappa shape index (κ2) is 16.7. The van der Waals surface area contributed by atoms with Gasteiger partial charge in [-0.1, -0.05) is 114 Å². The molecule has 4 aromatic rings. The molecule has 0 saturated heterocycles. The number of fused-ring (bicyclic) bond motifs is 6. The van der Waals surface area contributed by atoms with Gasteiger partial charge < -0.3 is 9.15 Å². The molecule has 3 fully saturated rings. The molecule has 4 aliphatic rings. The van der Waals surface area contributed by atoms with E-state index in [2.05, 4.69) is 101 Å². The molecule has 3 heteroatoms. The Labute approximate surface area is 338 Å². The van der Waals surface area contributed by atoms with Crippen LogP contribution in [0.15, 0.2) is 101 Å². The third kappa shape index (κ3) is 8.08. The number of ether oxygens (including phenoxy) is 1. The second-order valence-electron chi connectivity index (χ2n) is 19.8. The van der Waals surface area contributed by atoms with Crippen molar-refractivity contribution in [3.05, 3.63) is 119 Å². The van der Waals surface area contributed by atoms with Crippen molar-refractivity contribution in [1.29, 1.82) is 0 Å². The number of hydrogen-bond acceptors (Lipinski definition) is 3. The molecule has 0 radical (unpaired) electrons. The summed E-state index contributed by atoms with van der Waals surface area (Å²) >= 11 is 0. The molecule has 0 spiro atoms. The van der Waals surface area contributed by atoms with Crippen LogP contribution in [0, 0.1) is 46.3 Å². The Bertz CT molecular complexity index is 1950. The molecule has 0 aliphatic heterocycles. The maximum Gasteiger partial charge on any atom is 0.338 e. The minimum atomic E-state index is -0.165. The van der Waals surface area contributed by atoms with Gasteiger partial charge in [0.2, 0.25) is 0 Å². The number of aryl methyl sites for hydroxylation is 1. The SMILES string of the molecule is CC(C)CCCC(C)C1CCC2C3CC=C4CC(OC(=O)c5ccc(CC(CCCc6ccc7occc7c6)c6ccccc6)cc5)CCC4(C)C3CCC12C. The van der Waals surface area contributed by atoms with Gasteiger partial charge in [-0.2, -0.15) is 0 Å². The molecule has 8 rings (SSSR count). The maximum absolute atomic E-state index is 13.6. The summed E-state index contributed by atoms with van der Waals surface area (Å²) in [5.41, 5.74) is 8.00. The topological polar surface area (TPSA) is 39.4 Å². The van der Waals surface area contributed by atoms with E-state index in [4.69, 9.17) is 9.15 Å². The quantitative estimate of drug-likeness (QED) is 0.0951. The van der Waals surface area contributed by atoms with Gasteiger partial charge in [0.1, 0.15) is 11.7 Å². The van der Waals surface area contributed by atoms with Crippen molar-refractivity contribution in [2.75, 3.05) is 0 Å². The van der Waals surface area contributed by atoms with Crippen LogP contribution in [0.2, 0.25) is 0 Å². The fourth-order valence-electron chi connectivity index (χ4n) is 12.9. The third-order valence-electron chi connectivity index (χ3n) is 16.0. The maximum atomic E-state index is 13.6. The highest BCUT2D eigenvalue weighted by Gasteiger charge is 2.59. The molecule has 0 N–H and O–H groups in total. The first-order valence-corrected chi connectivity index (χ1v) is 22.6. The lowest BCUT2D eigenvalue weighted by Crippen LogP contribution is -2.51. The molecule has 0 amide bonds.